The fourth-order valence-electron chi connectivity index (χ4n) is 1.43. The standard InChI is InChI=1S/C7H13NO3/c8-7(6(10)11)4-2-1-3-5(7)9/h5,9H,1-4,8H2,(H,10,11)/t5-,7+/m0/s1. The second kappa shape index (κ2) is 2.79. The van der Waals surface area contributed by atoms with Crippen molar-refractivity contribution in [1.29, 1.82) is 0 Å². The monoisotopic (exact) mass is 159 g/mol. The zero-order valence-electron chi connectivity index (χ0n) is 6.29. The van der Waals surface area contributed by atoms with Crippen molar-refractivity contribution < 1.29 is 15.0 Å². The molecular weight excluding hydrogens is 146 g/mol. The van der Waals surface area contributed by atoms with E-state index in [1.807, 2.05) is 0 Å². The highest BCUT2D eigenvalue weighted by Gasteiger charge is 2.42. The highest BCUT2D eigenvalue weighted by molar-refractivity contribution is 5.79. The molecule has 0 aromatic carbocycles. The minimum atomic E-state index is -1.39. The van der Waals surface area contributed by atoms with Gasteiger partial charge in [-0.25, -0.2) is 0 Å². The molecule has 4 nitrogen and oxygen atoms in total. The molecule has 0 unspecified atom stereocenters. The summed E-state index contributed by atoms with van der Waals surface area (Å²) in [5.74, 6) is -1.09. The first-order valence-corrected chi connectivity index (χ1v) is 3.78. The van der Waals surface area contributed by atoms with Crippen molar-refractivity contribution in [3.8, 4) is 0 Å². The van der Waals surface area contributed by atoms with Crippen molar-refractivity contribution in [2.24, 2.45) is 5.73 Å². The SMILES string of the molecule is N[C@]1(C(=O)O)CCCC[C@@H]1O. The van der Waals surface area contributed by atoms with Gasteiger partial charge in [0.2, 0.25) is 0 Å². The molecule has 1 aliphatic rings. The van der Waals surface area contributed by atoms with Crippen LogP contribution >= 0.6 is 0 Å². The number of aliphatic hydroxyl groups is 1. The molecule has 0 aliphatic heterocycles. The molecule has 0 aromatic rings. The lowest BCUT2D eigenvalue weighted by Gasteiger charge is -2.33. The highest BCUT2D eigenvalue weighted by Crippen LogP contribution is 2.26. The lowest BCUT2D eigenvalue weighted by atomic mass is 9.80. The Bertz CT molecular complexity index is 171. The summed E-state index contributed by atoms with van der Waals surface area (Å²) in [6.07, 6.45) is 1.66. The molecule has 0 heterocycles. The predicted octanol–water partition coefficient (Wildman–Crippen LogP) is -0.297. The third kappa shape index (κ3) is 1.36. The Labute approximate surface area is 65.0 Å². The van der Waals surface area contributed by atoms with E-state index in [4.69, 9.17) is 10.8 Å². The molecular formula is C7H13NO3. The zero-order chi connectivity index (χ0) is 8.48. The van der Waals surface area contributed by atoms with Crippen molar-refractivity contribution in [3.05, 3.63) is 0 Å². The second-order valence-electron chi connectivity index (χ2n) is 3.11. The van der Waals surface area contributed by atoms with Crippen LogP contribution in [-0.4, -0.2) is 27.8 Å². The summed E-state index contributed by atoms with van der Waals surface area (Å²) in [5, 5.41) is 18.0. The van der Waals surface area contributed by atoms with E-state index in [1.165, 1.54) is 0 Å². The van der Waals surface area contributed by atoms with Gasteiger partial charge in [-0.1, -0.05) is 12.8 Å². The normalized spacial score (nSPS) is 38.5. The van der Waals surface area contributed by atoms with Crippen LogP contribution in [0.5, 0.6) is 0 Å². The molecule has 0 saturated heterocycles. The summed E-state index contributed by atoms with van der Waals surface area (Å²) < 4.78 is 0. The lowest BCUT2D eigenvalue weighted by molar-refractivity contribution is -0.150. The third-order valence-electron chi connectivity index (χ3n) is 2.31. The molecule has 0 amide bonds. The quantitative estimate of drug-likeness (QED) is 0.490. The Morgan fingerprint density at radius 2 is 2.18 bits per heavy atom. The number of hydrogen-bond acceptors (Lipinski definition) is 3. The van der Waals surface area contributed by atoms with Gasteiger partial charge in [0.1, 0.15) is 5.54 Å². The first-order chi connectivity index (χ1) is 5.07. The number of nitrogens with two attached hydrogens (primary N) is 1. The van der Waals surface area contributed by atoms with E-state index in [9.17, 15) is 9.90 Å². The van der Waals surface area contributed by atoms with Crippen LogP contribution in [0.2, 0.25) is 0 Å². The van der Waals surface area contributed by atoms with E-state index in [0.717, 1.165) is 12.8 Å². The summed E-state index contributed by atoms with van der Waals surface area (Å²) >= 11 is 0. The first kappa shape index (κ1) is 8.49. The van der Waals surface area contributed by atoms with Gasteiger partial charge in [-0.05, 0) is 12.8 Å². The lowest BCUT2D eigenvalue weighted by Crippen LogP contribution is -2.58. The molecule has 1 aliphatic carbocycles. The molecule has 64 valence electrons. The fraction of sp³-hybridized carbons (Fsp3) is 0.857. The first-order valence-electron chi connectivity index (χ1n) is 3.78. The van der Waals surface area contributed by atoms with Crippen LogP contribution in [0.25, 0.3) is 0 Å². The molecule has 1 fully saturated rings. The summed E-state index contributed by atoms with van der Waals surface area (Å²) in [6.45, 7) is 0. The summed E-state index contributed by atoms with van der Waals surface area (Å²) in [7, 11) is 0. The minimum absolute atomic E-state index is 0.378. The average Bonchev–Trinajstić information content (AvgIpc) is 1.95. The van der Waals surface area contributed by atoms with Crippen LogP contribution < -0.4 is 5.73 Å². The van der Waals surface area contributed by atoms with Gasteiger partial charge in [-0.2, -0.15) is 0 Å². The Kier molecular flexibility index (Phi) is 2.15. The molecule has 0 spiro atoms. The molecule has 4 heteroatoms. The van der Waals surface area contributed by atoms with Crippen LogP contribution in [-0.2, 0) is 4.79 Å². The van der Waals surface area contributed by atoms with Gasteiger partial charge in [0.25, 0.3) is 0 Å². The van der Waals surface area contributed by atoms with E-state index in [2.05, 4.69) is 0 Å². The van der Waals surface area contributed by atoms with Gasteiger partial charge < -0.3 is 15.9 Å². The molecule has 0 aromatic heterocycles. The number of carboxylic acid groups (broad SMARTS) is 1. The summed E-state index contributed by atoms with van der Waals surface area (Å²) in [4.78, 5) is 10.6. The largest absolute Gasteiger partial charge is 0.480 e. The predicted molar refractivity (Wildman–Crippen MR) is 39.0 cm³/mol. The van der Waals surface area contributed by atoms with Crippen molar-refractivity contribution in [1.82, 2.24) is 0 Å². The Hall–Kier alpha value is -0.610. The van der Waals surface area contributed by atoms with Crippen LogP contribution in [0.4, 0.5) is 0 Å². The maximum absolute atomic E-state index is 10.6. The molecule has 11 heavy (non-hydrogen) atoms. The topological polar surface area (TPSA) is 83.6 Å². The van der Waals surface area contributed by atoms with Crippen LogP contribution in [0.1, 0.15) is 25.7 Å². The third-order valence-corrected chi connectivity index (χ3v) is 2.31. The van der Waals surface area contributed by atoms with Crippen molar-refractivity contribution in [2.45, 2.75) is 37.3 Å². The van der Waals surface area contributed by atoms with E-state index < -0.39 is 17.6 Å². The number of rotatable bonds is 1. The average molecular weight is 159 g/mol. The Morgan fingerprint density at radius 1 is 1.55 bits per heavy atom. The van der Waals surface area contributed by atoms with Gasteiger partial charge in [0.05, 0.1) is 6.10 Å². The van der Waals surface area contributed by atoms with Crippen LogP contribution in [0.15, 0.2) is 0 Å². The van der Waals surface area contributed by atoms with Gasteiger partial charge >= 0.3 is 5.97 Å². The van der Waals surface area contributed by atoms with E-state index in [1.54, 1.807) is 0 Å². The number of carboxylic acids is 1. The summed E-state index contributed by atoms with van der Waals surface area (Å²) in [5.41, 5.74) is 4.11. The molecule has 0 bridgehead atoms. The van der Waals surface area contributed by atoms with Crippen LogP contribution in [0.3, 0.4) is 0 Å². The molecule has 2 atom stereocenters. The molecule has 1 saturated carbocycles. The van der Waals surface area contributed by atoms with Gasteiger partial charge in [0.15, 0.2) is 0 Å². The van der Waals surface area contributed by atoms with Gasteiger partial charge in [0, 0.05) is 0 Å². The fourth-order valence-corrected chi connectivity index (χ4v) is 1.43. The summed E-state index contributed by atoms with van der Waals surface area (Å²) in [6, 6.07) is 0. The van der Waals surface area contributed by atoms with Crippen molar-refractivity contribution >= 4 is 5.97 Å². The molecule has 4 N–H and O–H groups in total. The van der Waals surface area contributed by atoms with Gasteiger partial charge in [-0.15, -0.1) is 0 Å². The van der Waals surface area contributed by atoms with E-state index in [0.29, 0.717) is 12.8 Å². The van der Waals surface area contributed by atoms with Crippen molar-refractivity contribution in [2.75, 3.05) is 0 Å². The maximum atomic E-state index is 10.6. The molecule has 0 radical (unpaired) electrons. The van der Waals surface area contributed by atoms with Crippen molar-refractivity contribution in [3.63, 3.8) is 0 Å². The van der Waals surface area contributed by atoms with E-state index >= 15 is 0 Å². The number of carbonyl (C=O) groups is 1. The Morgan fingerprint density at radius 3 is 2.55 bits per heavy atom. The zero-order valence-corrected chi connectivity index (χ0v) is 6.29. The molecule has 1 rings (SSSR count). The number of aliphatic carboxylic acids is 1. The number of aliphatic hydroxyl groups excluding tert-OH is 1. The smallest absolute Gasteiger partial charge is 0.326 e. The maximum Gasteiger partial charge on any atom is 0.326 e. The Balaban J connectivity index is 2.72. The minimum Gasteiger partial charge on any atom is -0.480 e. The number of hydrogen-bond donors (Lipinski definition) is 3. The highest BCUT2D eigenvalue weighted by atomic mass is 16.4. The van der Waals surface area contributed by atoms with E-state index in [-0.39, 0.29) is 0 Å². The second-order valence-corrected chi connectivity index (χ2v) is 3.11. The van der Waals surface area contributed by atoms with Gasteiger partial charge in [-0.3, -0.25) is 4.79 Å². The van der Waals surface area contributed by atoms with Crippen LogP contribution in [0, 0.1) is 0 Å².